The predicted molar refractivity (Wildman–Crippen MR) is 132 cm³/mol. The second kappa shape index (κ2) is 9.93. The number of hydrogen-bond acceptors (Lipinski definition) is 7. The molecule has 1 aromatic heterocycles. The average molecular weight is 524 g/mol. The van der Waals surface area contributed by atoms with E-state index in [0.29, 0.717) is 22.0 Å². The van der Waals surface area contributed by atoms with Crippen LogP contribution in [-0.2, 0) is 4.74 Å². The highest BCUT2D eigenvalue weighted by atomic mass is 79.9. The zero-order valence-corrected chi connectivity index (χ0v) is 20.1. The van der Waals surface area contributed by atoms with Gasteiger partial charge in [-0.25, -0.2) is 9.78 Å². The number of carbonyl (C=O) groups excluding carboxylic acids is 2. The van der Waals surface area contributed by atoms with Crippen LogP contribution >= 0.6 is 27.3 Å². The number of hydrogen-bond donors (Lipinski definition) is 0. The van der Waals surface area contributed by atoms with Gasteiger partial charge in [-0.3, -0.25) is 4.79 Å². The van der Waals surface area contributed by atoms with Crippen molar-refractivity contribution >= 4 is 60.7 Å². The lowest BCUT2D eigenvalue weighted by Crippen LogP contribution is -2.25. The minimum absolute atomic E-state index is 0.353. The van der Waals surface area contributed by atoms with Gasteiger partial charge in [0.05, 0.1) is 36.2 Å². The summed E-state index contributed by atoms with van der Waals surface area (Å²) < 4.78 is 11.8. The van der Waals surface area contributed by atoms with Gasteiger partial charge in [0.2, 0.25) is 5.13 Å². The van der Waals surface area contributed by atoms with Crippen LogP contribution in [0.5, 0.6) is 5.75 Å². The largest absolute Gasteiger partial charge is 0.497 e. The summed E-state index contributed by atoms with van der Waals surface area (Å²) in [5.41, 5.74) is 2.26. The number of rotatable bonds is 6. The van der Waals surface area contributed by atoms with Crippen molar-refractivity contribution < 1.29 is 19.1 Å². The molecule has 0 aliphatic rings. The third kappa shape index (κ3) is 5.10. The minimum Gasteiger partial charge on any atom is -0.497 e. The van der Waals surface area contributed by atoms with Crippen molar-refractivity contribution in [2.45, 2.75) is 0 Å². The van der Waals surface area contributed by atoms with Gasteiger partial charge in [-0.1, -0.05) is 39.4 Å². The molecule has 0 unspecified atom stereocenters. The van der Waals surface area contributed by atoms with Crippen LogP contribution in [0.25, 0.3) is 10.2 Å². The number of benzene rings is 3. The Morgan fingerprint density at radius 3 is 2.36 bits per heavy atom. The van der Waals surface area contributed by atoms with E-state index >= 15 is 0 Å². The smallest absolute Gasteiger partial charge is 0.337 e. The molecule has 1 heterocycles. The highest BCUT2D eigenvalue weighted by Gasteiger charge is 2.21. The van der Waals surface area contributed by atoms with Crippen molar-refractivity contribution in [3.8, 4) is 5.75 Å². The number of amides is 1. The monoisotopic (exact) mass is 523 g/mol. The van der Waals surface area contributed by atoms with E-state index in [4.69, 9.17) is 9.47 Å². The van der Waals surface area contributed by atoms with Crippen molar-refractivity contribution in [2.75, 3.05) is 19.2 Å². The number of methoxy groups -OCH3 is 2. The molecule has 0 saturated carbocycles. The number of aromatic nitrogens is 1. The molecule has 3 aromatic carbocycles. The Bertz CT molecular complexity index is 1330. The molecule has 0 atom stereocenters. The zero-order valence-electron chi connectivity index (χ0n) is 17.7. The van der Waals surface area contributed by atoms with Gasteiger partial charge >= 0.3 is 5.97 Å². The fraction of sp³-hybridized carbons (Fsp3) is 0.0833. The molecular formula is C24H18BrN3O4S. The summed E-state index contributed by atoms with van der Waals surface area (Å²) in [5.74, 6) is -0.155. The van der Waals surface area contributed by atoms with Crippen molar-refractivity contribution in [3.05, 3.63) is 87.9 Å². The van der Waals surface area contributed by atoms with Gasteiger partial charge in [0.15, 0.2) is 0 Å². The number of anilines is 1. The number of halogens is 1. The number of ether oxygens (including phenoxy) is 2. The van der Waals surface area contributed by atoms with E-state index in [0.717, 1.165) is 20.3 Å². The quantitative estimate of drug-likeness (QED) is 0.188. The highest BCUT2D eigenvalue weighted by molar-refractivity contribution is 9.10. The normalized spacial score (nSPS) is 11.0. The van der Waals surface area contributed by atoms with E-state index in [2.05, 4.69) is 26.0 Å². The first kappa shape index (κ1) is 22.6. The maximum absolute atomic E-state index is 13.4. The Balaban J connectivity index is 1.72. The lowest BCUT2D eigenvalue weighted by Gasteiger charge is -2.14. The minimum atomic E-state index is -0.473. The van der Waals surface area contributed by atoms with Crippen molar-refractivity contribution in [1.29, 1.82) is 0 Å². The van der Waals surface area contributed by atoms with E-state index < -0.39 is 5.97 Å². The summed E-state index contributed by atoms with van der Waals surface area (Å²) in [6.07, 6.45) is 1.60. The van der Waals surface area contributed by atoms with Crippen molar-refractivity contribution in [3.63, 3.8) is 0 Å². The molecule has 4 aromatic rings. The van der Waals surface area contributed by atoms with Crippen LogP contribution in [0.15, 0.2) is 76.3 Å². The van der Waals surface area contributed by atoms with Crippen LogP contribution in [0, 0.1) is 0 Å². The number of hydrazone groups is 1. The van der Waals surface area contributed by atoms with Gasteiger partial charge in [-0.2, -0.15) is 10.1 Å². The fourth-order valence-electron chi connectivity index (χ4n) is 2.96. The molecule has 0 aliphatic heterocycles. The van der Waals surface area contributed by atoms with Crippen LogP contribution in [0.1, 0.15) is 26.3 Å². The van der Waals surface area contributed by atoms with Gasteiger partial charge in [0.1, 0.15) is 5.75 Å². The molecule has 0 spiro atoms. The van der Waals surface area contributed by atoms with Gasteiger partial charge in [-0.15, -0.1) is 0 Å². The summed E-state index contributed by atoms with van der Waals surface area (Å²) in [7, 11) is 2.90. The maximum atomic E-state index is 13.4. The molecule has 0 fully saturated rings. The van der Waals surface area contributed by atoms with Gasteiger partial charge in [0.25, 0.3) is 5.91 Å². The summed E-state index contributed by atoms with van der Waals surface area (Å²) in [6.45, 7) is 0. The molecule has 0 aliphatic carbocycles. The standard InChI is InChI=1S/C24H18BrN3O4S/c1-31-19-11-12-20-21(13-19)33-24(27-20)28(26-14-15-3-9-18(25)10-4-15)22(29)16-5-7-17(8-6-16)23(30)32-2/h3-14H,1-2H3/b26-14+. The Kier molecular flexibility index (Phi) is 6.81. The summed E-state index contributed by atoms with van der Waals surface area (Å²) in [5, 5.41) is 6.12. The first-order valence-electron chi connectivity index (χ1n) is 9.75. The van der Waals surface area contributed by atoms with Crippen LogP contribution in [0.2, 0.25) is 0 Å². The van der Waals surface area contributed by atoms with Crippen molar-refractivity contribution in [2.24, 2.45) is 5.10 Å². The molecule has 0 bridgehead atoms. The maximum Gasteiger partial charge on any atom is 0.337 e. The number of nitrogens with zero attached hydrogens (tertiary/aromatic N) is 3. The molecule has 33 heavy (non-hydrogen) atoms. The first-order valence-corrected chi connectivity index (χ1v) is 11.4. The van der Waals surface area contributed by atoms with Crippen LogP contribution in [0.3, 0.4) is 0 Å². The predicted octanol–water partition coefficient (Wildman–Crippen LogP) is 5.53. The Morgan fingerprint density at radius 2 is 1.70 bits per heavy atom. The Morgan fingerprint density at radius 1 is 1.00 bits per heavy atom. The molecule has 9 heteroatoms. The number of fused-ring (bicyclic) bond motifs is 1. The molecule has 4 rings (SSSR count). The van der Waals surface area contributed by atoms with E-state index in [9.17, 15) is 9.59 Å². The molecule has 1 amide bonds. The topological polar surface area (TPSA) is 81.1 Å². The van der Waals surface area contributed by atoms with Crippen molar-refractivity contribution in [1.82, 2.24) is 4.98 Å². The van der Waals surface area contributed by atoms with Gasteiger partial charge in [0, 0.05) is 10.0 Å². The number of thiazole rings is 1. The van der Waals surface area contributed by atoms with E-state index in [1.54, 1.807) is 37.6 Å². The van der Waals surface area contributed by atoms with Gasteiger partial charge in [-0.05, 0) is 60.2 Å². The van der Waals surface area contributed by atoms with E-state index in [-0.39, 0.29) is 5.91 Å². The second-order valence-electron chi connectivity index (χ2n) is 6.81. The SMILES string of the molecule is COC(=O)c1ccc(C(=O)N(/N=C/c2ccc(Br)cc2)c2nc3ccc(OC)cc3s2)cc1. The highest BCUT2D eigenvalue weighted by Crippen LogP contribution is 2.32. The average Bonchev–Trinajstić information content (AvgIpc) is 3.27. The molecule has 0 saturated heterocycles. The number of carbonyl (C=O) groups is 2. The zero-order chi connectivity index (χ0) is 23.4. The third-order valence-corrected chi connectivity index (χ3v) is 6.23. The summed E-state index contributed by atoms with van der Waals surface area (Å²) >= 11 is 4.73. The Labute approximate surface area is 202 Å². The molecule has 0 radical (unpaired) electrons. The lowest BCUT2D eigenvalue weighted by molar-refractivity contribution is 0.0600. The fourth-order valence-corrected chi connectivity index (χ4v) is 4.18. The molecular weight excluding hydrogens is 506 g/mol. The Hall–Kier alpha value is -3.56. The summed E-state index contributed by atoms with van der Waals surface area (Å²) in [4.78, 5) is 29.7. The van der Waals surface area contributed by atoms with E-state index in [1.807, 2.05) is 42.5 Å². The molecule has 0 N–H and O–H groups in total. The van der Waals surface area contributed by atoms with Gasteiger partial charge < -0.3 is 9.47 Å². The van der Waals surface area contributed by atoms with E-state index in [1.165, 1.54) is 23.5 Å². The first-order chi connectivity index (χ1) is 16.0. The number of esters is 1. The lowest BCUT2D eigenvalue weighted by atomic mass is 10.1. The molecule has 166 valence electrons. The van der Waals surface area contributed by atoms with Crippen LogP contribution < -0.4 is 9.75 Å². The third-order valence-electron chi connectivity index (χ3n) is 4.70. The summed E-state index contributed by atoms with van der Waals surface area (Å²) in [6, 6.07) is 19.3. The second-order valence-corrected chi connectivity index (χ2v) is 8.74. The van der Waals surface area contributed by atoms with Crippen LogP contribution in [0.4, 0.5) is 5.13 Å². The van der Waals surface area contributed by atoms with Crippen LogP contribution in [-0.4, -0.2) is 37.3 Å². The molecule has 7 nitrogen and oxygen atoms in total.